The lowest BCUT2D eigenvalue weighted by molar-refractivity contribution is -0.895. The first-order chi connectivity index (χ1) is 10.1. The van der Waals surface area contributed by atoms with Crippen LogP contribution < -0.4 is 10.2 Å². The molecule has 1 aliphatic rings. The molecule has 21 heavy (non-hydrogen) atoms. The van der Waals surface area contributed by atoms with Crippen molar-refractivity contribution in [3.05, 3.63) is 24.3 Å². The predicted molar refractivity (Wildman–Crippen MR) is 84.7 cm³/mol. The van der Waals surface area contributed by atoms with Crippen LogP contribution in [0.25, 0.3) is 0 Å². The van der Waals surface area contributed by atoms with E-state index < -0.39 is 0 Å². The van der Waals surface area contributed by atoms with E-state index in [-0.39, 0.29) is 11.8 Å². The zero-order valence-corrected chi connectivity index (χ0v) is 13.3. The van der Waals surface area contributed by atoms with Gasteiger partial charge < -0.3 is 15.1 Å². The van der Waals surface area contributed by atoms with E-state index in [9.17, 15) is 9.59 Å². The molecule has 1 heterocycles. The monoisotopic (exact) mass is 308 g/mol. The number of thioether (sulfide) groups is 1. The molecule has 0 atom stereocenters. The maximum atomic E-state index is 12.1. The van der Waals surface area contributed by atoms with Gasteiger partial charge in [0.1, 0.15) is 0 Å². The molecule has 1 fully saturated rings. The normalized spacial score (nSPS) is 15.8. The summed E-state index contributed by atoms with van der Waals surface area (Å²) in [6, 6.07) is 7.81. The molecular formula is C15H22N3O2S+. The number of rotatable bonds is 4. The molecule has 0 bridgehead atoms. The average Bonchev–Trinajstić information content (AvgIpc) is 2.48. The van der Waals surface area contributed by atoms with Crippen molar-refractivity contribution < 1.29 is 14.5 Å². The summed E-state index contributed by atoms with van der Waals surface area (Å²) < 4.78 is 0. The number of benzene rings is 1. The standard InChI is InChI=1S/C15H21N3O2S/c1-12(19)18-9-7-17(8-10-18)11-15(20)16-13-5-3-4-6-14(13)21-2/h3-6H,7-11H2,1-2H3,(H,16,20)/p+1. The van der Waals surface area contributed by atoms with Gasteiger partial charge in [0.15, 0.2) is 6.54 Å². The number of amides is 2. The Kier molecular flexibility index (Phi) is 5.64. The Morgan fingerprint density at radius 1 is 1.29 bits per heavy atom. The fourth-order valence-corrected chi connectivity index (χ4v) is 3.04. The van der Waals surface area contributed by atoms with Crippen LogP contribution in [0.4, 0.5) is 5.69 Å². The second kappa shape index (κ2) is 7.47. The number of nitrogens with zero attached hydrogens (tertiary/aromatic N) is 1. The number of para-hydroxylation sites is 1. The quantitative estimate of drug-likeness (QED) is 0.776. The lowest BCUT2D eigenvalue weighted by Gasteiger charge is -2.31. The van der Waals surface area contributed by atoms with E-state index in [2.05, 4.69) is 5.32 Å². The van der Waals surface area contributed by atoms with Gasteiger partial charge in [0.25, 0.3) is 5.91 Å². The number of piperazine rings is 1. The van der Waals surface area contributed by atoms with Crippen molar-refractivity contribution in [1.29, 1.82) is 0 Å². The molecule has 2 amide bonds. The van der Waals surface area contributed by atoms with E-state index in [1.807, 2.05) is 35.4 Å². The first kappa shape index (κ1) is 15.9. The van der Waals surface area contributed by atoms with Gasteiger partial charge in [-0.1, -0.05) is 12.1 Å². The Labute approximate surface area is 129 Å². The maximum absolute atomic E-state index is 12.1. The molecule has 1 aromatic rings. The summed E-state index contributed by atoms with van der Waals surface area (Å²) in [7, 11) is 0. The topological polar surface area (TPSA) is 53.9 Å². The summed E-state index contributed by atoms with van der Waals surface area (Å²) in [5.74, 6) is 0.148. The summed E-state index contributed by atoms with van der Waals surface area (Å²) >= 11 is 1.62. The molecule has 2 N–H and O–H groups in total. The van der Waals surface area contributed by atoms with Crippen LogP contribution in [0.5, 0.6) is 0 Å². The van der Waals surface area contributed by atoms with Crippen LogP contribution in [0, 0.1) is 0 Å². The smallest absolute Gasteiger partial charge is 0.279 e. The van der Waals surface area contributed by atoms with Crippen LogP contribution >= 0.6 is 11.8 Å². The van der Waals surface area contributed by atoms with Crippen molar-refractivity contribution in [2.75, 3.05) is 44.3 Å². The van der Waals surface area contributed by atoms with Gasteiger partial charge >= 0.3 is 0 Å². The van der Waals surface area contributed by atoms with Crippen LogP contribution in [0.15, 0.2) is 29.2 Å². The average molecular weight is 308 g/mol. The Morgan fingerprint density at radius 3 is 2.57 bits per heavy atom. The van der Waals surface area contributed by atoms with E-state index in [1.165, 1.54) is 4.90 Å². The predicted octanol–water partition coefficient (Wildman–Crippen LogP) is 0.0940. The Bertz CT molecular complexity index is 513. The minimum atomic E-state index is 0.0303. The molecule has 0 aliphatic carbocycles. The first-order valence-electron chi connectivity index (χ1n) is 7.12. The molecule has 5 nitrogen and oxygen atoms in total. The number of anilines is 1. The molecule has 114 valence electrons. The van der Waals surface area contributed by atoms with E-state index in [0.29, 0.717) is 6.54 Å². The van der Waals surface area contributed by atoms with Gasteiger partial charge in [-0.2, -0.15) is 0 Å². The van der Waals surface area contributed by atoms with E-state index in [4.69, 9.17) is 0 Å². The van der Waals surface area contributed by atoms with E-state index in [1.54, 1.807) is 18.7 Å². The zero-order chi connectivity index (χ0) is 15.2. The first-order valence-corrected chi connectivity index (χ1v) is 8.34. The van der Waals surface area contributed by atoms with Crippen LogP contribution in [0.1, 0.15) is 6.92 Å². The third kappa shape index (κ3) is 4.47. The van der Waals surface area contributed by atoms with E-state index >= 15 is 0 Å². The van der Waals surface area contributed by atoms with Gasteiger partial charge in [0, 0.05) is 11.8 Å². The molecule has 1 aliphatic heterocycles. The van der Waals surface area contributed by atoms with Gasteiger partial charge in [0.2, 0.25) is 5.91 Å². The van der Waals surface area contributed by atoms with Crippen molar-refractivity contribution in [3.63, 3.8) is 0 Å². The molecule has 0 radical (unpaired) electrons. The number of carbonyl (C=O) groups is 2. The number of nitrogens with one attached hydrogen (secondary N) is 2. The number of hydrogen-bond donors (Lipinski definition) is 2. The Hall–Kier alpha value is -1.53. The summed E-state index contributed by atoms with van der Waals surface area (Å²) in [6.45, 7) is 5.18. The van der Waals surface area contributed by atoms with Crippen molar-refractivity contribution in [2.24, 2.45) is 0 Å². The minimum absolute atomic E-state index is 0.0303. The largest absolute Gasteiger partial charge is 0.332 e. The maximum Gasteiger partial charge on any atom is 0.279 e. The summed E-state index contributed by atoms with van der Waals surface area (Å²) in [5, 5.41) is 2.98. The second-order valence-corrected chi connectivity index (χ2v) is 6.03. The highest BCUT2D eigenvalue weighted by Gasteiger charge is 2.23. The number of hydrogen-bond acceptors (Lipinski definition) is 3. The number of quaternary nitrogens is 1. The second-order valence-electron chi connectivity index (χ2n) is 5.18. The number of carbonyl (C=O) groups excluding carboxylic acids is 2. The Balaban J connectivity index is 1.84. The van der Waals surface area contributed by atoms with Crippen molar-refractivity contribution in [1.82, 2.24) is 4.90 Å². The SMILES string of the molecule is CSc1ccccc1NC(=O)C[NH+]1CCN(C(C)=O)CC1. The van der Waals surface area contributed by atoms with Crippen LogP contribution in [0.3, 0.4) is 0 Å². The molecule has 1 aromatic carbocycles. The summed E-state index contributed by atoms with van der Waals surface area (Å²) in [4.78, 5) is 27.6. The highest BCUT2D eigenvalue weighted by molar-refractivity contribution is 7.98. The highest BCUT2D eigenvalue weighted by Crippen LogP contribution is 2.24. The lowest BCUT2D eigenvalue weighted by Crippen LogP contribution is -3.15. The van der Waals surface area contributed by atoms with Crippen LogP contribution in [-0.4, -0.2) is 55.7 Å². The molecular weight excluding hydrogens is 286 g/mol. The molecule has 2 rings (SSSR count). The molecule has 0 unspecified atom stereocenters. The van der Waals surface area contributed by atoms with Crippen molar-refractivity contribution in [3.8, 4) is 0 Å². The lowest BCUT2D eigenvalue weighted by atomic mass is 10.3. The molecule has 1 saturated heterocycles. The Morgan fingerprint density at radius 2 is 1.95 bits per heavy atom. The summed E-state index contributed by atoms with van der Waals surface area (Å²) in [5.41, 5.74) is 0.872. The van der Waals surface area contributed by atoms with Gasteiger partial charge in [-0.25, -0.2) is 0 Å². The van der Waals surface area contributed by atoms with Crippen LogP contribution in [-0.2, 0) is 9.59 Å². The van der Waals surface area contributed by atoms with Crippen molar-refractivity contribution >= 4 is 29.3 Å². The van der Waals surface area contributed by atoms with E-state index in [0.717, 1.165) is 36.8 Å². The molecule has 6 heteroatoms. The molecule has 0 aromatic heterocycles. The molecule has 0 spiro atoms. The minimum Gasteiger partial charge on any atom is -0.332 e. The van der Waals surface area contributed by atoms with Crippen molar-refractivity contribution in [2.45, 2.75) is 11.8 Å². The fraction of sp³-hybridized carbons (Fsp3) is 0.467. The third-order valence-electron chi connectivity index (χ3n) is 3.71. The van der Waals surface area contributed by atoms with Gasteiger partial charge in [0.05, 0.1) is 31.9 Å². The van der Waals surface area contributed by atoms with Gasteiger partial charge in [-0.3, -0.25) is 9.59 Å². The zero-order valence-electron chi connectivity index (χ0n) is 12.5. The van der Waals surface area contributed by atoms with Gasteiger partial charge in [-0.05, 0) is 18.4 Å². The highest BCUT2D eigenvalue weighted by atomic mass is 32.2. The third-order valence-corrected chi connectivity index (χ3v) is 4.50. The van der Waals surface area contributed by atoms with Crippen LogP contribution in [0.2, 0.25) is 0 Å². The molecule has 0 saturated carbocycles. The van der Waals surface area contributed by atoms with Gasteiger partial charge in [-0.15, -0.1) is 11.8 Å². The summed E-state index contributed by atoms with van der Waals surface area (Å²) in [6.07, 6.45) is 2.00. The fourth-order valence-electron chi connectivity index (χ4n) is 2.48.